The van der Waals surface area contributed by atoms with Crippen molar-refractivity contribution >= 4 is 0 Å². The van der Waals surface area contributed by atoms with Gasteiger partial charge in [-0.15, -0.1) is 0 Å². The van der Waals surface area contributed by atoms with E-state index >= 15 is 0 Å². The lowest BCUT2D eigenvalue weighted by Crippen LogP contribution is -2.29. The van der Waals surface area contributed by atoms with Gasteiger partial charge in [-0.1, -0.05) is 24.3 Å². The van der Waals surface area contributed by atoms with Crippen molar-refractivity contribution in [3.05, 3.63) is 59.7 Å². The number of fused-ring (bicyclic) bond motifs is 1. The molecule has 1 heterocycles. The summed E-state index contributed by atoms with van der Waals surface area (Å²) in [5.74, 6) is 0. The zero-order valence-electron chi connectivity index (χ0n) is 9.63. The molecule has 1 N–H and O–H groups in total. The molecule has 0 spiro atoms. The molecule has 0 saturated heterocycles. The first-order valence-electron chi connectivity index (χ1n) is 5.97. The van der Waals surface area contributed by atoms with Gasteiger partial charge in [0, 0.05) is 31.2 Å². The van der Waals surface area contributed by atoms with E-state index in [1.165, 1.54) is 11.1 Å². The number of hydrogen-bond donors (Lipinski definition) is 1. The molecule has 1 aliphatic rings. The van der Waals surface area contributed by atoms with Crippen LogP contribution in [0, 0.1) is 0 Å². The second kappa shape index (κ2) is 4.63. The molecule has 0 amide bonds. The first-order chi connectivity index (χ1) is 8.42. The molecule has 3 rings (SSSR count). The van der Waals surface area contributed by atoms with Crippen LogP contribution in [0.1, 0.15) is 16.8 Å². The summed E-state index contributed by atoms with van der Waals surface area (Å²) in [6.45, 7) is 0.798. The third-order valence-corrected chi connectivity index (χ3v) is 3.24. The molecule has 0 unspecified atom stereocenters. The molecule has 86 valence electrons. The second-order valence-corrected chi connectivity index (χ2v) is 4.45. The Hall–Kier alpha value is -1.74. The van der Waals surface area contributed by atoms with E-state index in [1.54, 1.807) is 12.4 Å². The molecule has 0 radical (unpaired) electrons. The Morgan fingerprint density at radius 1 is 1.12 bits per heavy atom. The lowest BCUT2D eigenvalue weighted by atomic mass is 10.1. The maximum Gasteiger partial charge on any atom is 0.0724 e. The molecule has 1 aromatic heterocycles. The van der Waals surface area contributed by atoms with Crippen molar-refractivity contribution in [3.63, 3.8) is 0 Å². The maximum atomic E-state index is 4.26. The standard InChI is InChI=1S/C14H15N3/c1-2-4-12-8-13(7-11(12)3-1)17-10-14-9-15-5-6-16-14/h1-6,9,13,17H,7-8,10H2. The zero-order chi connectivity index (χ0) is 11.5. The van der Waals surface area contributed by atoms with Gasteiger partial charge in [0.2, 0.25) is 0 Å². The van der Waals surface area contributed by atoms with Crippen molar-refractivity contribution in [2.24, 2.45) is 0 Å². The minimum atomic E-state index is 0.536. The van der Waals surface area contributed by atoms with Crippen LogP contribution in [0.3, 0.4) is 0 Å². The van der Waals surface area contributed by atoms with Crippen LogP contribution in [0.4, 0.5) is 0 Å². The molecule has 0 atom stereocenters. The molecular weight excluding hydrogens is 210 g/mol. The molecule has 2 aromatic rings. The van der Waals surface area contributed by atoms with Crippen LogP contribution >= 0.6 is 0 Å². The van der Waals surface area contributed by atoms with Gasteiger partial charge in [-0.05, 0) is 24.0 Å². The normalized spacial score (nSPS) is 14.8. The molecule has 0 aliphatic heterocycles. The number of nitrogens with zero attached hydrogens (tertiary/aromatic N) is 2. The van der Waals surface area contributed by atoms with Crippen LogP contribution in [-0.4, -0.2) is 16.0 Å². The molecule has 3 nitrogen and oxygen atoms in total. The molecule has 1 aromatic carbocycles. The van der Waals surface area contributed by atoms with Gasteiger partial charge >= 0.3 is 0 Å². The predicted octanol–water partition coefficient (Wildman–Crippen LogP) is 1.73. The minimum Gasteiger partial charge on any atom is -0.308 e. The fraction of sp³-hybridized carbons (Fsp3) is 0.286. The van der Waals surface area contributed by atoms with Gasteiger partial charge in [-0.25, -0.2) is 0 Å². The first kappa shape index (κ1) is 10.4. The number of hydrogen-bond acceptors (Lipinski definition) is 3. The Balaban J connectivity index is 1.59. The summed E-state index contributed by atoms with van der Waals surface area (Å²) in [7, 11) is 0. The van der Waals surface area contributed by atoms with Crippen LogP contribution in [0.25, 0.3) is 0 Å². The van der Waals surface area contributed by atoms with Crippen LogP contribution < -0.4 is 5.32 Å². The molecule has 0 fully saturated rings. The zero-order valence-corrected chi connectivity index (χ0v) is 9.63. The quantitative estimate of drug-likeness (QED) is 0.864. The van der Waals surface area contributed by atoms with Gasteiger partial charge in [0.05, 0.1) is 5.69 Å². The van der Waals surface area contributed by atoms with E-state index in [-0.39, 0.29) is 0 Å². The molecule has 1 aliphatic carbocycles. The van der Waals surface area contributed by atoms with Crippen LogP contribution in [-0.2, 0) is 19.4 Å². The second-order valence-electron chi connectivity index (χ2n) is 4.45. The van der Waals surface area contributed by atoms with E-state index in [2.05, 4.69) is 39.6 Å². The summed E-state index contributed by atoms with van der Waals surface area (Å²) in [5.41, 5.74) is 3.96. The third-order valence-electron chi connectivity index (χ3n) is 3.24. The first-order valence-corrected chi connectivity index (χ1v) is 5.97. The van der Waals surface area contributed by atoms with Crippen LogP contribution in [0.15, 0.2) is 42.9 Å². The SMILES string of the molecule is c1ccc2c(c1)CC(NCc1cnccn1)C2. The van der Waals surface area contributed by atoms with Crippen LogP contribution in [0.5, 0.6) is 0 Å². The van der Waals surface area contributed by atoms with Gasteiger partial charge in [0.15, 0.2) is 0 Å². The summed E-state index contributed by atoms with van der Waals surface area (Å²) in [4.78, 5) is 8.33. The van der Waals surface area contributed by atoms with E-state index in [9.17, 15) is 0 Å². The largest absolute Gasteiger partial charge is 0.308 e. The summed E-state index contributed by atoms with van der Waals surface area (Å²) in [6, 6.07) is 9.21. The number of benzene rings is 1. The van der Waals surface area contributed by atoms with Crippen molar-refractivity contribution in [2.75, 3.05) is 0 Å². The smallest absolute Gasteiger partial charge is 0.0724 e. The highest BCUT2D eigenvalue weighted by Crippen LogP contribution is 2.21. The van der Waals surface area contributed by atoms with Gasteiger partial charge < -0.3 is 5.32 Å². The summed E-state index contributed by atoms with van der Waals surface area (Å²) < 4.78 is 0. The van der Waals surface area contributed by atoms with Crippen molar-refractivity contribution in [3.8, 4) is 0 Å². The lowest BCUT2D eigenvalue weighted by molar-refractivity contribution is 0.527. The fourth-order valence-electron chi connectivity index (χ4n) is 2.37. The monoisotopic (exact) mass is 225 g/mol. The molecule has 0 bridgehead atoms. The Morgan fingerprint density at radius 2 is 1.88 bits per heavy atom. The van der Waals surface area contributed by atoms with E-state index in [4.69, 9.17) is 0 Å². The highest BCUT2D eigenvalue weighted by molar-refractivity contribution is 5.33. The average Bonchev–Trinajstić information content (AvgIpc) is 2.80. The Labute approximate surface area is 101 Å². The Morgan fingerprint density at radius 3 is 2.53 bits per heavy atom. The average molecular weight is 225 g/mol. The van der Waals surface area contributed by atoms with Gasteiger partial charge in [0.25, 0.3) is 0 Å². The summed E-state index contributed by atoms with van der Waals surface area (Å²) in [6.07, 6.45) is 7.50. The third kappa shape index (κ3) is 2.34. The van der Waals surface area contributed by atoms with Gasteiger partial charge in [0.1, 0.15) is 0 Å². The summed E-state index contributed by atoms with van der Waals surface area (Å²) in [5, 5.41) is 3.54. The molecule has 0 saturated carbocycles. The Kier molecular flexibility index (Phi) is 2.84. The van der Waals surface area contributed by atoms with Gasteiger partial charge in [-0.2, -0.15) is 0 Å². The number of aromatic nitrogens is 2. The highest BCUT2D eigenvalue weighted by Gasteiger charge is 2.19. The van der Waals surface area contributed by atoms with Crippen molar-refractivity contribution in [1.29, 1.82) is 0 Å². The van der Waals surface area contributed by atoms with Crippen LogP contribution in [0.2, 0.25) is 0 Å². The highest BCUT2D eigenvalue weighted by atomic mass is 14.9. The fourth-order valence-corrected chi connectivity index (χ4v) is 2.37. The minimum absolute atomic E-state index is 0.536. The Bertz CT molecular complexity index is 471. The number of nitrogens with one attached hydrogen (secondary N) is 1. The van der Waals surface area contributed by atoms with E-state index in [0.717, 1.165) is 25.1 Å². The van der Waals surface area contributed by atoms with E-state index in [1.807, 2.05) is 6.20 Å². The van der Waals surface area contributed by atoms with Crippen molar-refractivity contribution in [1.82, 2.24) is 15.3 Å². The topological polar surface area (TPSA) is 37.8 Å². The lowest BCUT2D eigenvalue weighted by Gasteiger charge is -2.10. The molecular formula is C14H15N3. The molecule has 17 heavy (non-hydrogen) atoms. The van der Waals surface area contributed by atoms with E-state index < -0.39 is 0 Å². The van der Waals surface area contributed by atoms with Gasteiger partial charge in [-0.3, -0.25) is 9.97 Å². The number of rotatable bonds is 3. The van der Waals surface area contributed by atoms with Crippen molar-refractivity contribution < 1.29 is 0 Å². The van der Waals surface area contributed by atoms with E-state index in [0.29, 0.717) is 6.04 Å². The maximum absolute atomic E-state index is 4.26. The summed E-state index contributed by atoms with van der Waals surface area (Å²) >= 11 is 0. The van der Waals surface area contributed by atoms with Crippen molar-refractivity contribution in [2.45, 2.75) is 25.4 Å². The predicted molar refractivity (Wildman–Crippen MR) is 66.5 cm³/mol. The molecule has 3 heteroatoms.